The average molecular weight is 316 g/mol. The van der Waals surface area contributed by atoms with Crippen molar-refractivity contribution in [3.05, 3.63) is 45.6 Å². The van der Waals surface area contributed by atoms with Crippen molar-refractivity contribution in [3.8, 4) is 0 Å². The molecule has 96 valence electrons. The molecule has 0 spiro atoms. The SMILES string of the molecule is Cc1cc(NCc2c(F)ccc(Br)c2F)nn1C. The molecule has 0 aliphatic carbocycles. The highest BCUT2D eigenvalue weighted by molar-refractivity contribution is 9.10. The molecule has 0 atom stereocenters. The van der Waals surface area contributed by atoms with Crippen LogP contribution in [-0.4, -0.2) is 9.78 Å². The van der Waals surface area contributed by atoms with E-state index >= 15 is 0 Å². The first-order chi connectivity index (χ1) is 8.49. The fraction of sp³-hybridized carbons (Fsp3) is 0.250. The summed E-state index contributed by atoms with van der Waals surface area (Å²) in [7, 11) is 1.81. The summed E-state index contributed by atoms with van der Waals surface area (Å²) >= 11 is 3.03. The fourth-order valence-electron chi connectivity index (χ4n) is 1.56. The molecule has 1 N–H and O–H groups in total. The maximum absolute atomic E-state index is 13.7. The molecular weight excluding hydrogens is 304 g/mol. The summed E-state index contributed by atoms with van der Waals surface area (Å²) in [6.45, 7) is 1.95. The van der Waals surface area contributed by atoms with E-state index in [-0.39, 0.29) is 16.6 Å². The topological polar surface area (TPSA) is 29.9 Å². The second kappa shape index (κ2) is 5.06. The molecule has 2 aromatic rings. The number of benzene rings is 1. The minimum atomic E-state index is -0.588. The number of aryl methyl sites for hydroxylation is 2. The molecular formula is C12H12BrF2N3. The summed E-state index contributed by atoms with van der Waals surface area (Å²) < 4.78 is 29.1. The molecule has 1 heterocycles. The van der Waals surface area contributed by atoms with Gasteiger partial charge < -0.3 is 5.32 Å². The number of halogens is 3. The Bertz CT molecular complexity index is 561. The molecule has 6 heteroatoms. The molecule has 0 aliphatic rings. The lowest BCUT2D eigenvalue weighted by molar-refractivity contribution is 0.555. The molecule has 0 fully saturated rings. The highest BCUT2D eigenvalue weighted by atomic mass is 79.9. The number of anilines is 1. The van der Waals surface area contributed by atoms with E-state index in [1.165, 1.54) is 12.1 Å². The van der Waals surface area contributed by atoms with Gasteiger partial charge in [-0.1, -0.05) is 0 Å². The van der Waals surface area contributed by atoms with Crippen molar-refractivity contribution < 1.29 is 8.78 Å². The van der Waals surface area contributed by atoms with E-state index in [0.717, 1.165) is 5.69 Å². The fourth-order valence-corrected chi connectivity index (χ4v) is 1.93. The lowest BCUT2D eigenvalue weighted by Gasteiger charge is -2.07. The number of nitrogens with one attached hydrogen (secondary N) is 1. The Labute approximate surface area is 112 Å². The molecule has 0 saturated heterocycles. The zero-order valence-electron chi connectivity index (χ0n) is 9.97. The quantitative estimate of drug-likeness (QED) is 0.880. The average Bonchev–Trinajstić information content (AvgIpc) is 2.64. The van der Waals surface area contributed by atoms with Crippen LogP contribution in [-0.2, 0) is 13.6 Å². The van der Waals surface area contributed by atoms with Crippen molar-refractivity contribution in [3.63, 3.8) is 0 Å². The van der Waals surface area contributed by atoms with Crippen molar-refractivity contribution in [2.24, 2.45) is 7.05 Å². The summed E-state index contributed by atoms with van der Waals surface area (Å²) in [5.74, 6) is -0.570. The Morgan fingerprint density at radius 1 is 1.39 bits per heavy atom. The summed E-state index contributed by atoms with van der Waals surface area (Å²) in [4.78, 5) is 0. The first kappa shape index (κ1) is 13.0. The van der Waals surface area contributed by atoms with E-state index in [4.69, 9.17) is 0 Å². The third-order valence-corrected chi connectivity index (χ3v) is 3.31. The second-order valence-corrected chi connectivity index (χ2v) is 4.82. The van der Waals surface area contributed by atoms with Crippen molar-refractivity contribution in [1.29, 1.82) is 0 Å². The molecule has 0 unspecified atom stereocenters. The Balaban J connectivity index is 2.18. The van der Waals surface area contributed by atoms with Crippen LogP contribution in [0.5, 0.6) is 0 Å². The Hall–Kier alpha value is -1.43. The van der Waals surface area contributed by atoms with Gasteiger partial charge in [0.05, 0.1) is 4.47 Å². The van der Waals surface area contributed by atoms with Gasteiger partial charge in [0.2, 0.25) is 0 Å². The van der Waals surface area contributed by atoms with Crippen LogP contribution in [0.1, 0.15) is 11.3 Å². The predicted molar refractivity (Wildman–Crippen MR) is 69.3 cm³/mol. The van der Waals surface area contributed by atoms with Gasteiger partial charge in [0.25, 0.3) is 0 Å². The number of nitrogens with zero attached hydrogens (tertiary/aromatic N) is 2. The minimum absolute atomic E-state index is 0.00678. The van der Waals surface area contributed by atoms with E-state index in [0.29, 0.717) is 5.82 Å². The van der Waals surface area contributed by atoms with Crippen molar-refractivity contribution >= 4 is 21.7 Å². The van der Waals surface area contributed by atoms with Gasteiger partial charge in [-0.05, 0) is 35.0 Å². The maximum Gasteiger partial charge on any atom is 0.148 e. The van der Waals surface area contributed by atoms with Crippen LogP contribution in [0.25, 0.3) is 0 Å². The number of aromatic nitrogens is 2. The van der Waals surface area contributed by atoms with Gasteiger partial charge in [-0.25, -0.2) is 8.78 Å². The first-order valence-electron chi connectivity index (χ1n) is 5.36. The minimum Gasteiger partial charge on any atom is -0.364 e. The van der Waals surface area contributed by atoms with Gasteiger partial charge in [0.15, 0.2) is 0 Å². The molecule has 0 amide bonds. The van der Waals surface area contributed by atoms with Crippen molar-refractivity contribution in [2.45, 2.75) is 13.5 Å². The van der Waals surface area contributed by atoms with E-state index in [1.54, 1.807) is 11.7 Å². The van der Waals surface area contributed by atoms with Crippen LogP contribution < -0.4 is 5.32 Å². The summed E-state index contributed by atoms with van der Waals surface area (Å²) in [6.07, 6.45) is 0. The van der Waals surface area contributed by atoms with Gasteiger partial charge in [0, 0.05) is 30.9 Å². The van der Waals surface area contributed by atoms with Crippen molar-refractivity contribution in [2.75, 3.05) is 5.32 Å². The smallest absolute Gasteiger partial charge is 0.148 e. The lowest BCUT2D eigenvalue weighted by Crippen LogP contribution is -2.06. The number of hydrogen-bond donors (Lipinski definition) is 1. The van der Waals surface area contributed by atoms with Crippen LogP contribution in [0.3, 0.4) is 0 Å². The normalized spacial score (nSPS) is 10.7. The molecule has 18 heavy (non-hydrogen) atoms. The summed E-state index contributed by atoms with van der Waals surface area (Å²) in [6, 6.07) is 4.39. The molecule has 1 aromatic carbocycles. The Kier molecular flexibility index (Phi) is 3.65. The van der Waals surface area contributed by atoms with E-state index in [9.17, 15) is 8.78 Å². The Morgan fingerprint density at radius 2 is 2.11 bits per heavy atom. The molecule has 0 bridgehead atoms. The summed E-state index contributed by atoms with van der Waals surface area (Å²) in [5, 5.41) is 7.05. The monoisotopic (exact) mass is 315 g/mol. The second-order valence-electron chi connectivity index (χ2n) is 3.97. The van der Waals surface area contributed by atoms with Crippen molar-refractivity contribution in [1.82, 2.24) is 9.78 Å². The largest absolute Gasteiger partial charge is 0.364 e. The van der Waals surface area contributed by atoms with Crippen LogP contribution in [0.4, 0.5) is 14.6 Å². The van der Waals surface area contributed by atoms with Crippen LogP contribution >= 0.6 is 15.9 Å². The van der Waals surface area contributed by atoms with Crippen LogP contribution in [0.15, 0.2) is 22.7 Å². The zero-order valence-corrected chi connectivity index (χ0v) is 11.6. The maximum atomic E-state index is 13.7. The van der Waals surface area contributed by atoms with Gasteiger partial charge in [0.1, 0.15) is 17.5 Å². The molecule has 3 nitrogen and oxygen atoms in total. The van der Waals surface area contributed by atoms with E-state index in [1.807, 2.05) is 13.0 Å². The molecule has 0 saturated carbocycles. The van der Waals surface area contributed by atoms with Crippen LogP contribution in [0.2, 0.25) is 0 Å². The van der Waals surface area contributed by atoms with Gasteiger partial charge >= 0.3 is 0 Å². The highest BCUT2D eigenvalue weighted by Crippen LogP contribution is 2.22. The summed E-state index contributed by atoms with van der Waals surface area (Å²) in [5.41, 5.74) is 0.959. The molecule has 0 radical (unpaired) electrons. The molecule has 1 aromatic heterocycles. The van der Waals surface area contributed by atoms with E-state index in [2.05, 4.69) is 26.3 Å². The third-order valence-electron chi connectivity index (χ3n) is 2.70. The third kappa shape index (κ3) is 2.53. The van der Waals surface area contributed by atoms with Gasteiger partial charge in [-0.15, -0.1) is 0 Å². The van der Waals surface area contributed by atoms with Gasteiger partial charge in [-0.2, -0.15) is 5.10 Å². The zero-order chi connectivity index (χ0) is 13.3. The number of rotatable bonds is 3. The van der Waals surface area contributed by atoms with Gasteiger partial charge in [-0.3, -0.25) is 4.68 Å². The molecule has 0 aliphatic heterocycles. The number of hydrogen-bond acceptors (Lipinski definition) is 2. The first-order valence-corrected chi connectivity index (χ1v) is 6.15. The highest BCUT2D eigenvalue weighted by Gasteiger charge is 2.12. The Morgan fingerprint density at radius 3 is 2.72 bits per heavy atom. The predicted octanol–water partition coefficient (Wildman–Crippen LogP) is 3.38. The van der Waals surface area contributed by atoms with Crippen LogP contribution in [0, 0.1) is 18.6 Å². The molecule has 2 rings (SSSR count). The lowest BCUT2D eigenvalue weighted by atomic mass is 10.2. The van der Waals surface area contributed by atoms with E-state index < -0.39 is 11.6 Å². The standard InChI is InChI=1S/C12H12BrF2N3/c1-7-5-11(17-18(7)2)16-6-8-10(14)4-3-9(13)12(8)15/h3-5H,6H2,1-2H3,(H,16,17).